The van der Waals surface area contributed by atoms with Crippen molar-refractivity contribution in [3.8, 4) is 0 Å². The van der Waals surface area contributed by atoms with Gasteiger partial charge in [-0.2, -0.15) is 0 Å². The van der Waals surface area contributed by atoms with Crippen LogP contribution >= 0.6 is 92.8 Å². The van der Waals surface area contributed by atoms with Gasteiger partial charge < -0.3 is 4.74 Å². The molecule has 0 bridgehead atoms. The first-order chi connectivity index (χ1) is 6.49. The number of rotatable bonds is 4. The molecule has 0 aliphatic rings. The summed E-state index contributed by atoms with van der Waals surface area (Å²) >= 11 is 44.3. The predicted molar refractivity (Wildman–Crippen MR) is 70.2 cm³/mol. The molecule has 2 atom stereocenters. The summed E-state index contributed by atoms with van der Waals surface area (Å²) in [6.07, 6.45) is -0.0510. The maximum absolute atomic E-state index is 5.70. The van der Waals surface area contributed by atoms with Gasteiger partial charge in [-0.3, -0.25) is 0 Å². The fourth-order valence-corrected chi connectivity index (χ4v) is 2.70. The third kappa shape index (κ3) is 12.5. The van der Waals surface area contributed by atoms with Crippen LogP contribution in [0.1, 0.15) is 12.8 Å². The van der Waals surface area contributed by atoms with Crippen molar-refractivity contribution in [2.45, 2.75) is 31.6 Å². The highest BCUT2D eigenvalue weighted by atomic mass is 35.6. The molecular weight excluding hydrogens is 372 g/mol. The summed E-state index contributed by atoms with van der Waals surface area (Å²) in [4.78, 5) is 0. The van der Waals surface area contributed by atoms with Crippen molar-refractivity contribution in [3.63, 3.8) is 0 Å². The molecule has 1 nitrogen and oxygen atoms in total. The van der Waals surface area contributed by atoms with E-state index in [1.807, 2.05) is 0 Å². The Morgan fingerprint density at radius 3 is 1.20 bits per heavy atom. The second kappa shape index (κ2) is 7.01. The van der Waals surface area contributed by atoms with Gasteiger partial charge in [0.2, 0.25) is 0 Å². The highest BCUT2D eigenvalue weighted by Gasteiger charge is 2.29. The Balaban J connectivity index is 3.92. The third-order valence-corrected chi connectivity index (χ3v) is 2.52. The van der Waals surface area contributed by atoms with Gasteiger partial charge in [0.05, 0.1) is 0 Å². The maximum atomic E-state index is 5.70. The lowest BCUT2D eigenvalue weighted by molar-refractivity contribution is 0.0736. The SMILES string of the molecule is ClC(CC(Cl)(Cl)Cl)OC(Cl)CC(Cl)(Cl)Cl. The highest BCUT2D eigenvalue weighted by molar-refractivity contribution is 6.68. The molecule has 0 heterocycles. The van der Waals surface area contributed by atoms with Crippen LogP contribution in [-0.4, -0.2) is 18.7 Å². The zero-order chi connectivity index (χ0) is 12.3. The van der Waals surface area contributed by atoms with Gasteiger partial charge in [0.15, 0.2) is 7.59 Å². The van der Waals surface area contributed by atoms with E-state index in [0.717, 1.165) is 0 Å². The third-order valence-electron chi connectivity index (χ3n) is 1.08. The Bertz CT molecular complexity index is 165. The number of ether oxygens (including phenoxy) is 1. The molecule has 9 heteroatoms. The van der Waals surface area contributed by atoms with Gasteiger partial charge in [0.1, 0.15) is 11.1 Å². The first kappa shape index (κ1) is 17.3. The minimum absolute atomic E-state index is 0.0255. The lowest BCUT2D eigenvalue weighted by Gasteiger charge is -2.21. The van der Waals surface area contributed by atoms with Crippen LogP contribution in [0.4, 0.5) is 0 Å². The Labute approximate surface area is 128 Å². The Hall–Kier alpha value is 2.28. The second-order valence-corrected chi connectivity index (χ2v) is 8.60. The number of hydrogen-bond acceptors (Lipinski definition) is 1. The number of halogens is 8. The average Bonchev–Trinajstić information content (AvgIpc) is 1.73. The van der Waals surface area contributed by atoms with Gasteiger partial charge in [-0.15, -0.1) is 0 Å². The molecule has 15 heavy (non-hydrogen) atoms. The topological polar surface area (TPSA) is 9.23 Å². The first-order valence-corrected chi connectivity index (χ1v) is 6.71. The van der Waals surface area contributed by atoms with Crippen LogP contribution in [0.3, 0.4) is 0 Å². The second-order valence-electron chi connectivity index (χ2n) is 2.59. The molecule has 0 aromatic carbocycles. The molecule has 0 rings (SSSR count). The fourth-order valence-electron chi connectivity index (χ4n) is 0.620. The van der Waals surface area contributed by atoms with Gasteiger partial charge in [-0.05, 0) is 0 Å². The van der Waals surface area contributed by atoms with E-state index in [9.17, 15) is 0 Å². The molecule has 0 aliphatic carbocycles. The van der Waals surface area contributed by atoms with E-state index in [1.54, 1.807) is 0 Å². The van der Waals surface area contributed by atoms with E-state index < -0.39 is 18.7 Å². The van der Waals surface area contributed by atoms with Crippen molar-refractivity contribution in [1.82, 2.24) is 0 Å². The van der Waals surface area contributed by atoms with Crippen molar-refractivity contribution >= 4 is 92.8 Å². The highest BCUT2D eigenvalue weighted by Crippen LogP contribution is 2.36. The Morgan fingerprint density at radius 2 is 1.00 bits per heavy atom. The van der Waals surface area contributed by atoms with E-state index in [2.05, 4.69) is 0 Å². The molecule has 0 aromatic rings. The molecule has 0 amide bonds. The van der Waals surface area contributed by atoms with Crippen molar-refractivity contribution in [2.75, 3.05) is 0 Å². The largest absolute Gasteiger partial charge is 0.343 e. The molecule has 0 aromatic heterocycles. The lowest BCUT2D eigenvalue weighted by Crippen LogP contribution is -2.22. The molecule has 0 spiro atoms. The van der Waals surface area contributed by atoms with Crippen LogP contribution in [0.2, 0.25) is 0 Å². The van der Waals surface area contributed by atoms with Crippen LogP contribution < -0.4 is 0 Å². The zero-order valence-corrected chi connectivity index (χ0v) is 13.0. The first-order valence-electron chi connectivity index (χ1n) is 3.57. The predicted octanol–water partition coefficient (Wildman–Crippen LogP) is 5.65. The van der Waals surface area contributed by atoms with Crippen LogP contribution in [0.15, 0.2) is 0 Å². The molecule has 0 aliphatic heterocycles. The van der Waals surface area contributed by atoms with Crippen molar-refractivity contribution in [1.29, 1.82) is 0 Å². The standard InChI is InChI=1S/C6H6Cl8O/c7-3(1-5(9,10)11)15-4(8)2-6(12,13)14/h3-4H,1-2H2. The fraction of sp³-hybridized carbons (Fsp3) is 1.00. The Kier molecular flexibility index (Phi) is 8.08. The van der Waals surface area contributed by atoms with Crippen LogP contribution in [0, 0.1) is 0 Å². The van der Waals surface area contributed by atoms with Gasteiger partial charge in [-0.25, -0.2) is 0 Å². The quantitative estimate of drug-likeness (QED) is 0.575. The lowest BCUT2D eigenvalue weighted by atomic mass is 10.5. The summed E-state index contributed by atoms with van der Waals surface area (Å²) in [5.74, 6) is 0. The van der Waals surface area contributed by atoms with E-state index in [1.165, 1.54) is 0 Å². The van der Waals surface area contributed by atoms with E-state index in [0.29, 0.717) is 0 Å². The van der Waals surface area contributed by atoms with E-state index in [-0.39, 0.29) is 12.8 Å². The van der Waals surface area contributed by atoms with Crippen LogP contribution in [0.5, 0.6) is 0 Å². The van der Waals surface area contributed by atoms with Crippen LogP contribution in [0.25, 0.3) is 0 Å². The normalized spacial score (nSPS) is 17.6. The van der Waals surface area contributed by atoms with E-state index in [4.69, 9.17) is 97.5 Å². The van der Waals surface area contributed by atoms with Gasteiger partial charge in [-0.1, -0.05) is 92.8 Å². The summed E-state index contributed by atoms with van der Waals surface area (Å²) < 4.78 is 2.00. The smallest absolute Gasteiger partial charge is 0.194 e. The van der Waals surface area contributed by atoms with Crippen molar-refractivity contribution < 1.29 is 4.74 Å². The number of hydrogen-bond donors (Lipinski definition) is 0. The van der Waals surface area contributed by atoms with Crippen molar-refractivity contribution in [2.24, 2.45) is 0 Å². The monoisotopic (exact) mass is 374 g/mol. The molecule has 0 fully saturated rings. The minimum atomic E-state index is -1.51. The molecule has 0 N–H and O–H groups in total. The van der Waals surface area contributed by atoms with Crippen molar-refractivity contribution in [3.05, 3.63) is 0 Å². The molecular formula is C6H6Cl8O. The average molecular weight is 378 g/mol. The molecule has 0 saturated carbocycles. The molecule has 0 saturated heterocycles. The summed E-state index contributed by atoms with van der Waals surface area (Å²) in [6.45, 7) is 0. The maximum Gasteiger partial charge on any atom is 0.194 e. The Morgan fingerprint density at radius 1 is 0.733 bits per heavy atom. The summed E-state index contributed by atoms with van der Waals surface area (Å²) in [6, 6.07) is 0. The van der Waals surface area contributed by atoms with Gasteiger partial charge in [0, 0.05) is 12.8 Å². The zero-order valence-electron chi connectivity index (χ0n) is 7.00. The molecule has 92 valence electrons. The van der Waals surface area contributed by atoms with Gasteiger partial charge >= 0.3 is 0 Å². The summed E-state index contributed by atoms with van der Waals surface area (Å²) in [7, 11) is 0. The number of alkyl halides is 8. The van der Waals surface area contributed by atoms with Crippen LogP contribution in [-0.2, 0) is 4.74 Å². The molecule has 0 radical (unpaired) electrons. The summed E-state index contributed by atoms with van der Waals surface area (Å²) in [5.41, 5.74) is -1.74. The van der Waals surface area contributed by atoms with Gasteiger partial charge in [0.25, 0.3) is 0 Å². The van der Waals surface area contributed by atoms with E-state index >= 15 is 0 Å². The minimum Gasteiger partial charge on any atom is -0.343 e. The molecule has 2 unspecified atom stereocenters. The summed E-state index contributed by atoms with van der Waals surface area (Å²) in [5, 5.41) is 0.